The normalized spacial score (nSPS) is 17.0. The average molecular weight is 353 g/mol. The van der Waals surface area contributed by atoms with Crippen LogP contribution in [0.25, 0.3) is 10.2 Å². The molecule has 2 aromatic carbocycles. The number of urea groups is 1. The number of carbonyl (C=O) groups is 1. The first-order valence-electron chi connectivity index (χ1n) is 8.32. The van der Waals surface area contributed by atoms with Crippen LogP contribution >= 0.6 is 11.3 Å². The maximum Gasteiger partial charge on any atom is 0.324 e. The summed E-state index contributed by atoms with van der Waals surface area (Å²) in [6, 6.07) is 15.8. The van der Waals surface area contributed by atoms with E-state index in [2.05, 4.69) is 16.4 Å². The molecule has 1 unspecified atom stereocenters. The summed E-state index contributed by atoms with van der Waals surface area (Å²) < 4.78 is 6.38. The number of carbonyl (C=O) groups excluding carboxylic acids is 1. The number of thiazole rings is 1. The number of nitrogens with one attached hydrogen (secondary N) is 1. The van der Waals surface area contributed by atoms with Crippen molar-refractivity contribution in [3.05, 3.63) is 54.1 Å². The highest BCUT2D eigenvalue weighted by Gasteiger charge is 2.30. The van der Waals surface area contributed by atoms with Crippen LogP contribution < -0.4 is 10.1 Å². The summed E-state index contributed by atoms with van der Waals surface area (Å²) >= 11 is 1.50. The van der Waals surface area contributed by atoms with E-state index in [1.165, 1.54) is 11.3 Å². The Kier molecular flexibility index (Phi) is 4.28. The first-order chi connectivity index (χ1) is 12.2. The number of fused-ring (bicyclic) bond motifs is 1. The Balaban J connectivity index is 1.53. The van der Waals surface area contributed by atoms with Crippen LogP contribution in [0.2, 0.25) is 0 Å². The Morgan fingerprint density at radius 3 is 3.00 bits per heavy atom. The minimum absolute atomic E-state index is 0.0736. The topological polar surface area (TPSA) is 54.5 Å². The van der Waals surface area contributed by atoms with Crippen molar-refractivity contribution in [1.82, 2.24) is 9.88 Å². The standard InChI is InChI=1S/C19H19N3O2S/c1-24-14-7-4-6-13(12-14)16-9-5-11-22(16)19(23)21-18-20-15-8-2-3-10-17(15)25-18/h2-4,6-8,10,12,16H,5,9,11H2,1H3,(H,20,21,23). The van der Waals surface area contributed by atoms with E-state index in [1.807, 2.05) is 47.4 Å². The maximum absolute atomic E-state index is 12.8. The van der Waals surface area contributed by atoms with Crippen molar-refractivity contribution in [2.45, 2.75) is 18.9 Å². The van der Waals surface area contributed by atoms with Crippen LogP contribution in [-0.2, 0) is 0 Å². The third-order valence-corrected chi connectivity index (χ3v) is 5.45. The molecule has 0 bridgehead atoms. The van der Waals surface area contributed by atoms with Crippen molar-refractivity contribution < 1.29 is 9.53 Å². The molecule has 0 aliphatic carbocycles. The number of anilines is 1. The van der Waals surface area contributed by atoms with E-state index in [4.69, 9.17) is 4.74 Å². The Bertz CT molecular complexity index is 875. The molecule has 1 aliphatic heterocycles. The van der Waals surface area contributed by atoms with Gasteiger partial charge in [0, 0.05) is 6.54 Å². The SMILES string of the molecule is COc1cccc(C2CCCN2C(=O)Nc2nc3ccccc3s2)c1. The quantitative estimate of drug-likeness (QED) is 0.744. The zero-order chi connectivity index (χ0) is 17.2. The molecule has 3 aromatic rings. The van der Waals surface area contributed by atoms with Gasteiger partial charge in [0.2, 0.25) is 0 Å². The van der Waals surface area contributed by atoms with Crippen molar-refractivity contribution in [2.75, 3.05) is 19.0 Å². The number of aromatic nitrogens is 1. The summed E-state index contributed by atoms with van der Waals surface area (Å²) in [6.45, 7) is 0.749. The number of likely N-dealkylation sites (tertiary alicyclic amines) is 1. The van der Waals surface area contributed by atoms with Crippen LogP contribution in [0.3, 0.4) is 0 Å². The fourth-order valence-electron chi connectivity index (χ4n) is 3.29. The Labute approximate surface area is 150 Å². The molecule has 6 heteroatoms. The van der Waals surface area contributed by atoms with Crippen molar-refractivity contribution in [2.24, 2.45) is 0 Å². The fraction of sp³-hybridized carbons (Fsp3) is 0.263. The average Bonchev–Trinajstić information content (AvgIpc) is 3.28. The van der Waals surface area contributed by atoms with E-state index >= 15 is 0 Å². The molecule has 1 aliphatic rings. The van der Waals surface area contributed by atoms with E-state index < -0.39 is 0 Å². The zero-order valence-electron chi connectivity index (χ0n) is 13.9. The van der Waals surface area contributed by atoms with Gasteiger partial charge in [0.05, 0.1) is 23.4 Å². The summed E-state index contributed by atoms with van der Waals surface area (Å²) in [4.78, 5) is 19.2. The summed E-state index contributed by atoms with van der Waals surface area (Å²) in [7, 11) is 1.66. The van der Waals surface area contributed by atoms with Gasteiger partial charge in [-0.25, -0.2) is 9.78 Å². The van der Waals surface area contributed by atoms with Crippen molar-refractivity contribution in [3.8, 4) is 5.75 Å². The number of hydrogen-bond acceptors (Lipinski definition) is 4. The summed E-state index contributed by atoms with van der Waals surface area (Å²) in [5.41, 5.74) is 2.02. The van der Waals surface area contributed by atoms with Gasteiger partial charge in [0.15, 0.2) is 5.13 Å². The first-order valence-corrected chi connectivity index (χ1v) is 9.13. The third-order valence-electron chi connectivity index (χ3n) is 4.50. The molecule has 128 valence electrons. The highest BCUT2D eigenvalue weighted by molar-refractivity contribution is 7.22. The number of rotatable bonds is 3. The predicted octanol–water partition coefficient (Wildman–Crippen LogP) is 4.67. The number of hydrogen-bond donors (Lipinski definition) is 1. The van der Waals surface area contributed by atoms with Crippen molar-refractivity contribution in [3.63, 3.8) is 0 Å². The monoisotopic (exact) mass is 353 g/mol. The van der Waals surface area contributed by atoms with E-state index in [0.29, 0.717) is 5.13 Å². The highest BCUT2D eigenvalue weighted by atomic mass is 32.1. The van der Waals surface area contributed by atoms with Gasteiger partial charge in [-0.15, -0.1) is 0 Å². The summed E-state index contributed by atoms with van der Waals surface area (Å²) in [6.07, 6.45) is 1.95. The summed E-state index contributed by atoms with van der Waals surface area (Å²) in [5, 5.41) is 3.61. The van der Waals surface area contributed by atoms with E-state index in [0.717, 1.165) is 40.9 Å². The first kappa shape index (κ1) is 15.9. The van der Waals surface area contributed by atoms with Crippen LogP contribution in [0.1, 0.15) is 24.4 Å². The van der Waals surface area contributed by atoms with Crippen molar-refractivity contribution in [1.29, 1.82) is 0 Å². The third kappa shape index (κ3) is 3.17. The molecular formula is C19H19N3O2S. The Morgan fingerprint density at radius 1 is 1.28 bits per heavy atom. The lowest BCUT2D eigenvalue weighted by Crippen LogP contribution is -2.34. The Hall–Kier alpha value is -2.60. The van der Waals surface area contributed by atoms with E-state index in [1.54, 1.807) is 7.11 Å². The van der Waals surface area contributed by atoms with Crippen molar-refractivity contribution >= 4 is 32.7 Å². The molecule has 1 aromatic heterocycles. The molecule has 1 N–H and O–H groups in total. The number of nitrogens with zero attached hydrogens (tertiary/aromatic N) is 2. The molecule has 0 saturated carbocycles. The van der Waals surface area contributed by atoms with Gasteiger partial charge in [0.25, 0.3) is 0 Å². The lowest BCUT2D eigenvalue weighted by atomic mass is 10.0. The number of para-hydroxylation sites is 1. The number of amides is 2. The van der Waals surface area contributed by atoms with Crippen LogP contribution in [0.5, 0.6) is 5.75 Å². The molecular weight excluding hydrogens is 334 g/mol. The largest absolute Gasteiger partial charge is 0.497 e. The van der Waals surface area contributed by atoms with Crippen LogP contribution in [0.4, 0.5) is 9.93 Å². The molecule has 1 saturated heterocycles. The number of methoxy groups -OCH3 is 1. The summed E-state index contributed by atoms with van der Waals surface area (Å²) in [5.74, 6) is 0.816. The number of benzene rings is 2. The molecule has 1 fully saturated rings. The molecule has 1 atom stereocenters. The van der Waals surface area contributed by atoms with Gasteiger partial charge in [0.1, 0.15) is 5.75 Å². The smallest absolute Gasteiger partial charge is 0.324 e. The van der Waals surface area contributed by atoms with Crippen LogP contribution in [-0.4, -0.2) is 29.6 Å². The molecule has 4 rings (SSSR count). The van der Waals surface area contributed by atoms with Gasteiger partial charge in [-0.2, -0.15) is 0 Å². The van der Waals surface area contributed by atoms with Crippen LogP contribution in [0.15, 0.2) is 48.5 Å². The molecule has 5 nitrogen and oxygen atoms in total. The highest BCUT2D eigenvalue weighted by Crippen LogP contribution is 2.34. The predicted molar refractivity (Wildman–Crippen MR) is 100 cm³/mol. The molecule has 2 heterocycles. The fourth-order valence-corrected chi connectivity index (χ4v) is 4.15. The lowest BCUT2D eigenvalue weighted by Gasteiger charge is -2.25. The molecule has 25 heavy (non-hydrogen) atoms. The molecule has 0 radical (unpaired) electrons. The molecule has 2 amide bonds. The minimum Gasteiger partial charge on any atom is -0.497 e. The maximum atomic E-state index is 12.8. The second-order valence-corrected chi connectivity index (χ2v) is 7.08. The second-order valence-electron chi connectivity index (χ2n) is 6.04. The van der Waals surface area contributed by atoms with Gasteiger partial charge in [-0.05, 0) is 42.7 Å². The van der Waals surface area contributed by atoms with E-state index in [9.17, 15) is 4.79 Å². The zero-order valence-corrected chi connectivity index (χ0v) is 14.8. The van der Waals surface area contributed by atoms with Gasteiger partial charge in [-0.1, -0.05) is 35.6 Å². The van der Waals surface area contributed by atoms with E-state index in [-0.39, 0.29) is 12.1 Å². The van der Waals surface area contributed by atoms with Crippen LogP contribution in [0, 0.1) is 0 Å². The van der Waals surface area contributed by atoms with Gasteiger partial charge < -0.3 is 9.64 Å². The second kappa shape index (κ2) is 6.72. The Morgan fingerprint density at radius 2 is 2.16 bits per heavy atom. The molecule has 0 spiro atoms. The minimum atomic E-state index is -0.0932. The van der Waals surface area contributed by atoms with Gasteiger partial charge >= 0.3 is 6.03 Å². The number of ether oxygens (including phenoxy) is 1. The van der Waals surface area contributed by atoms with Gasteiger partial charge in [-0.3, -0.25) is 5.32 Å². The lowest BCUT2D eigenvalue weighted by molar-refractivity contribution is 0.207.